The van der Waals surface area contributed by atoms with E-state index in [1.165, 1.54) is 5.56 Å². The molecule has 22 heavy (non-hydrogen) atoms. The molecule has 2 aromatic carbocycles. The molecule has 1 N–H and O–H groups in total. The lowest BCUT2D eigenvalue weighted by Crippen LogP contribution is -2.28. The van der Waals surface area contributed by atoms with Gasteiger partial charge in [0.2, 0.25) is 10.0 Å². The van der Waals surface area contributed by atoms with Crippen molar-refractivity contribution in [1.29, 1.82) is 0 Å². The first-order valence-corrected chi connectivity index (χ1v) is 9.05. The number of nitrogens with one attached hydrogen (secondary N) is 1. The SMILES string of the molecule is Cc1cccc(CS(=O)(=O)N[C@H](C)c2ccc(C)cc2C)c1. The second-order valence-electron chi connectivity index (χ2n) is 5.95. The van der Waals surface area contributed by atoms with Crippen LogP contribution < -0.4 is 4.72 Å². The van der Waals surface area contributed by atoms with E-state index in [2.05, 4.69) is 10.8 Å². The van der Waals surface area contributed by atoms with Crippen molar-refractivity contribution in [2.24, 2.45) is 0 Å². The van der Waals surface area contributed by atoms with Gasteiger partial charge in [0.1, 0.15) is 0 Å². The van der Waals surface area contributed by atoms with E-state index in [0.29, 0.717) is 0 Å². The molecule has 4 heteroatoms. The molecule has 0 fully saturated rings. The first-order valence-electron chi connectivity index (χ1n) is 7.39. The molecule has 0 bridgehead atoms. The fraction of sp³-hybridized carbons (Fsp3) is 0.333. The van der Waals surface area contributed by atoms with Crippen LogP contribution in [0.2, 0.25) is 0 Å². The van der Waals surface area contributed by atoms with Gasteiger partial charge in [0.05, 0.1) is 5.75 Å². The molecule has 3 nitrogen and oxygen atoms in total. The lowest BCUT2D eigenvalue weighted by Gasteiger charge is -2.17. The topological polar surface area (TPSA) is 46.2 Å². The highest BCUT2D eigenvalue weighted by Crippen LogP contribution is 2.20. The second-order valence-corrected chi connectivity index (χ2v) is 7.70. The maximum absolute atomic E-state index is 12.4. The average molecular weight is 317 g/mol. The van der Waals surface area contributed by atoms with E-state index in [1.807, 2.05) is 64.1 Å². The van der Waals surface area contributed by atoms with E-state index >= 15 is 0 Å². The zero-order chi connectivity index (χ0) is 16.3. The van der Waals surface area contributed by atoms with E-state index < -0.39 is 10.0 Å². The fourth-order valence-corrected chi connectivity index (χ4v) is 4.07. The molecule has 0 aliphatic heterocycles. The Morgan fingerprint density at radius 1 is 1.00 bits per heavy atom. The van der Waals surface area contributed by atoms with Crippen LogP contribution in [0.15, 0.2) is 42.5 Å². The van der Waals surface area contributed by atoms with Gasteiger partial charge >= 0.3 is 0 Å². The molecule has 0 saturated heterocycles. The van der Waals surface area contributed by atoms with Crippen molar-refractivity contribution in [2.75, 3.05) is 0 Å². The third-order valence-corrected chi connectivity index (χ3v) is 5.11. The summed E-state index contributed by atoms with van der Waals surface area (Å²) in [5, 5.41) is 0. The average Bonchev–Trinajstić information content (AvgIpc) is 2.36. The lowest BCUT2D eigenvalue weighted by molar-refractivity contribution is 0.565. The third kappa shape index (κ3) is 4.42. The van der Waals surface area contributed by atoms with Crippen LogP contribution in [0, 0.1) is 20.8 Å². The zero-order valence-electron chi connectivity index (χ0n) is 13.6. The molecule has 1 atom stereocenters. The number of sulfonamides is 1. The van der Waals surface area contributed by atoms with Gasteiger partial charge in [-0.15, -0.1) is 0 Å². The van der Waals surface area contributed by atoms with Crippen LogP contribution in [0.4, 0.5) is 0 Å². The number of rotatable bonds is 5. The number of aryl methyl sites for hydroxylation is 3. The summed E-state index contributed by atoms with van der Waals surface area (Å²) in [7, 11) is -3.38. The molecule has 0 aliphatic carbocycles. The number of benzene rings is 2. The lowest BCUT2D eigenvalue weighted by atomic mass is 10.0. The van der Waals surface area contributed by atoms with Crippen LogP contribution >= 0.6 is 0 Å². The maximum atomic E-state index is 12.4. The van der Waals surface area contributed by atoms with Gasteiger partial charge in [0.15, 0.2) is 0 Å². The van der Waals surface area contributed by atoms with Crippen molar-refractivity contribution in [3.8, 4) is 0 Å². The monoisotopic (exact) mass is 317 g/mol. The molecule has 0 unspecified atom stereocenters. The maximum Gasteiger partial charge on any atom is 0.216 e. The molecule has 0 radical (unpaired) electrons. The summed E-state index contributed by atoms with van der Waals surface area (Å²) in [6, 6.07) is 13.4. The molecular formula is C18H23NO2S. The largest absolute Gasteiger partial charge is 0.216 e. The summed E-state index contributed by atoms with van der Waals surface area (Å²) in [5.74, 6) is 0.00390. The van der Waals surface area contributed by atoms with Gasteiger partial charge in [0, 0.05) is 6.04 Å². The van der Waals surface area contributed by atoms with Crippen LogP contribution in [0.25, 0.3) is 0 Å². The minimum absolute atomic E-state index is 0.00390. The Balaban J connectivity index is 2.14. The van der Waals surface area contributed by atoms with Crippen molar-refractivity contribution in [3.05, 3.63) is 70.3 Å². The molecular weight excluding hydrogens is 294 g/mol. The summed E-state index contributed by atoms with van der Waals surface area (Å²) >= 11 is 0. The molecule has 2 aromatic rings. The Morgan fingerprint density at radius 2 is 1.68 bits per heavy atom. The minimum atomic E-state index is -3.38. The van der Waals surface area contributed by atoms with E-state index in [1.54, 1.807) is 0 Å². The second kappa shape index (κ2) is 6.63. The fourth-order valence-electron chi connectivity index (χ4n) is 2.71. The van der Waals surface area contributed by atoms with Gasteiger partial charge in [-0.05, 0) is 44.4 Å². The van der Waals surface area contributed by atoms with E-state index in [0.717, 1.165) is 22.3 Å². The van der Waals surface area contributed by atoms with Gasteiger partial charge in [0.25, 0.3) is 0 Å². The standard InChI is InChI=1S/C18H23NO2S/c1-13-6-5-7-17(11-13)12-22(20,21)19-16(4)18-9-8-14(2)10-15(18)3/h5-11,16,19H,12H2,1-4H3/t16-/m1/s1. The Hall–Kier alpha value is -1.65. The van der Waals surface area contributed by atoms with Gasteiger partial charge in [-0.1, -0.05) is 53.6 Å². The van der Waals surface area contributed by atoms with E-state index in [9.17, 15) is 8.42 Å². The molecule has 0 saturated carbocycles. The van der Waals surface area contributed by atoms with Crippen molar-refractivity contribution in [3.63, 3.8) is 0 Å². The van der Waals surface area contributed by atoms with Crippen molar-refractivity contribution in [2.45, 2.75) is 39.5 Å². The molecule has 0 heterocycles. The van der Waals surface area contributed by atoms with Crippen LogP contribution in [0.1, 0.15) is 40.8 Å². The highest BCUT2D eigenvalue weighted by Gasteiger charge is 2.17. The number of hydrogen-bond donors (Lipinski definition) is 1. The number of hydrogen-bond acceptors (Lipinski definition) is 2. The molecule has 0 spiro atoms. The first-order chi connectivity index (χ1) is 10.3. The summed E-state index contributed by atoms with van der Waals surface area (Å²) in [5.41, 5.74) is 5.16. The quantitative estimate of drug-likeness (QED) is 0.912. The van der Waals surface area contributed by atoms with Crippen LogP contribution in [-0.4, -0.2) is 8.42 Å². The Morgan fingerprint density at radius 3 is 2.32 bits per heavy atom. The molecule has 0 aliphatic rings. The van der Waals surface area contributed by atoms with Crippen LogP contribution in [0.3, 0.4) is 0 Å². The molecule has 0 amide bonds. The third-order valence-electron chi connectivity index (χ3n) is 3.69. The van der Waals surface area contributed by atoms with Gasteiger partial charge < -0.3 is 0 Å². The summed E-state index contributed by atoms with van der Waals surface area (Å²) in [6.45, 7) is 7.88. The van der Waals surface area contributed by atoms with Gasteiger partial charge in [-0.25, -0.2) is 13.1 Å². The normalized spacial score (nSPS) is 13.1. The highest BCUT2D eigenvalue weighted by molar-refractivity contribution is 7.88. The Kier molecular flexibility index (Phi) is 5.04. The predicted molar refractivity (Wildman–Crippen MR) is 91.3 cm³/mol. The van der Waals surface area contributed by atoms with Gasteiger partial charge in [-0.3, -0.25) is 0 Å². The minimum Gasteiger partial charge on any atom is -0.212 e. The Bertz CT molecular complexity index is 766. The van der Waals surface area contributed by atoms with E-state index in [4.69, 9.17) is 0 Å². The smallest absolute Gasteiger partial charge is 0.212 e. The van der Waals surface area contributed by atoms with Crippen LogP contribution in [-0.2, 0) is 15.8 Å². The molecule has 0 aromatic heterocycles. The highest BCUT2D eigenvalue weighted by atomic mass is 32.2. The van der Waals surface area contributed by atoms with Gasteiger partial charge in [-0.2, -0.15) is 0 Å². The summed E-state index contributed by atoms with van der Waals surface area (Å²) in [4.78, 5) is 0. The van der Waals surface area contributed by atoms with Crippen molar-refractivity contribution < 1.29 is 8.42 Å². The van der Waals surface area contributed by atoms with Crippen molar-refractivity contribution >= 4 is 10.0 Å². The first kappa shape index (κ1) is 16.7. The molecule has 118 valence electrons. The van der Waals surface area contributed by atoms with Crippen molar-refractivity contribution in [1.82, 2.24) is 4.72 Å². The zero-order valence-corrected chi connectivity index (χ0v) is 14.4. The summed E-state index contributed by atoms with van der Waals surface area (Å²) in [6.07, 6.45) is 0. The van der Waals surface area contributed by atoms with Crippen LogP contribution in [0.5, 0.6) is 0 Å². The Labute approximate surface area is 133 Å². The predicted octanol–water partition coefficient (Wildman–Crippen LogP) is 3.79. The van der Waals surface area contributed by atoms with E-state index in [-0.39, 0.29) is 11.8 Å². The summed E-state index contributed by atoms with van der Waals surface area (Å²) < 4.78 is 27.5. The molecule has 2 rings (SSSR count).